The third kappa shape index (κ3) is 4.99. The third-order valence-electron chi connectivity index (χ3n) is 2.39. The van der Waals surface area contributed by atoms with Crippen molar-refractivity contribution in [3.63, 3.8) is 0 Å². The van der Waals surface area contributed by atoms with Crippen LogP contribution >= 0.6 is 0 Å². The molecule has 0 amide bonds. The lowest BCUT2D eigenvalue weighted by Crippen LogP contribution is -2.02. The average Bonchev–Trinajstić information content (AvgIpc) is 2.39. The largest absolute Gasteiger partial charge is 0.381 e. The van der Waals surface area contributed by atoms with Gasteiger partial charge in [0.25, 0.3) is 0 Å². The zero-order valence-corrected chi connectivity index (χ0v) is 10.5. The Bertz CT molecular complexity index is 422. The van der Waals surface area contributed by atoms with E-state index in [1.807, 2.05) is 0 Å². The molecule has 0 bridgehead atoms. The summed E-state index contributed by atoms with van der Waals surface area (Å²) < 4.78 is 5.31. The Hall–Kier alpha value is -1.84. The van der Waals surface area contributed by atoms with Crippen LogP contribution in [0.2, 0.25) is 0 Å². The molecule has 0 aliphatic heterocycles. The third-order valence-corrected chi connectivity index (χ3v) is 2.39. The van der Waals surface area contributed by atoms with Gasteiger partial charge in [-0.3, -0.25) is 4.79 Å². The van der Waals surface area contributed by atoms with Gasteiger partial charge in [-0.1, -0.05) is 36.3 Å². The molecule has 0 atom stereocenters. The topological polar surface area (TPSA) is 75.1 Å². The standard InChI is InChI=1S/C13H17N3O2/c1-2-9-18-10-3-4-13(17)11-5-7-12(8-6-11)15-16-14/h5-8H,2-4,9-10H2,1H3. The van der Waals surface area contributed by atoms with E-state index in [2.05, 4.69) is 16.9 Å². The van der Waals surface area contributed by atoms with Crippen molar-refractivity contribution in [1.82, 2.24) is 0 Å². The van der Waals surface area contributed by atoms with E-state index >= 15 is 0 Å². The molecule has 0 fully saturated rings. The molecule has 18 heavy (non-hydrogen) atoms. The van der Waals surface area contributed by atoms with E-state index in [9.17, 15) is 4.79 Å². The number of carbonyl (C=O) groups is 1. The minimum absolute atomic E-state index is 0.0857. The van der Waals surface area contributed by atoms with Gasteiger partial charge in [-0.2, -0.15) is 0 Å². The van der Waals surface area contributed by atoms with Crippen LogP contribution in [0, 0.1) is 0 Å². The number of ether oxygens (including phenoxy) is 1. The summed E-state index contributed by atoms with van der Waals surface area (Å²) >= 11 is 0. The number of azide groups is 1. The second-order valence-electron chi connectivity index (χ2n) is 3.88. The lowest BCUT2D eigenvalue weighted by Gasteiger charge is -2.03. The first-order valence-corrected chi connectivity index (χ1v) is 6.04. The summed E-state index contributed by atoms with van der Waals surface area (Å²) in [6, 6.07) is 6.64. The summed E-state index contributed by atoms with van der Waals surface area (Å²) in [5.74, 6) is 0.0857. The van der Waals surface area contributed by atoms with Crippen LogP contribution in [0.4, 0.5) is 5.69 Å². The molecule has 0 spiro atoms. The van der Waals surface area contributed by atoms with Gasteiger partial charge in [-0.25, -0.2) is 0 Å². The highest BCUT2D eigenvalue weighted by Crippen LogP contribution is 2.14. The Morgan fingerprint density at radius 1 is 1.33 bits per heavy atom. The lowest BCUT2D eigenvalue weighted by molar-refractivity contribution is 0.0938. The number of rotatable bonds is 8. The van der Waals surface area contributed by atoms with Gasteiger partial charge in [0, 0.05) is 35.8 Å². The smallest absolute Gasteiger partial charge is 0.162 e. The van der Waals surface area contributed by atoms with Crippen molar-refractivity contribution in [2.24, 2.45) is 5.11 Å². The number of nitrogens with zero attached hydrogens (tertiary/aromatic N) is 3. The first-order chi connectivity index (χ1) is 8.77. The highest BCUT2D eigenvalue weighted by molar-refractivity contribution is 5.96. The fraction of sp³-hybridized carbons (Fsp3) is 0.462. The Balaban J connectivity index is 2.39. The van der Waals surface area contributed by atoms with Crippen molar-refractivity contribution in [2.75, 3.05) is 13.2 Å². The van der Waals surface area contributed by atoms with E-state index in [0.29, 0.717) is 24.3 Å². The predicted molar refractivity (Wildman–Crippen MR) is 69.9 cm³/mol. The minimum Gasteiger partial charge on any atom is -0.381 e. The highest BCUT2D eigenvalue weighted by atomic mass is 16.5. The Labute approximate surface area is 106 Å². The number of Topliss-reactive ketones (excluding diaryl/α,β-unsaturated/α-hetero) is 1. The van der Waals surface area contributed by atoms with Crippen molar-refractivity contribution in [2.45, 2.75) is 26.2 Å². The van der Waals surface area contributed by atoms with Crippen LogP contribution in [0.1, 0.15) is 36.5 Å². The number of carbonyl (C=O) groups excluding carboxylic acids is 1. The summed E-state index contributed by atoms with van der Waals surface area (Å²) in [5, 5.41) is 3.45. The van der Waals surface area contributed by atoms with Gasteiger partial charge in [0.15, 0.2) is 5.78 Å². The first kappa shape index (κ1) is 14.2. The maximum absolute atomic E-state index is 11.8. The van der Waals surface area contributed by atoms with Gasteiger partial charge in [-0.05, 0) is 18.4 Å². The molecule has 96 valence electrons. The maximum atomic E-state index is 11.8. The van der Waals surface area contributed by atoms with Crippen molar-refractivity contribution >= 4 is 11.5 Å². The number of hydrogen-bond donors (Lipinski definition) is 0. The van der Waals surface area contributed by atoms with Crippen LogP contribution in [0.15, 0.2) is 29.4 Å². The summed E-state index contributed by atoms with van der Waals surface area (Å²) in [5.41, 5.74) is 9.42. The fourth-order valence-corrected chi connectivity index (χ4v) is 1.49. The molecule has 0 aliphatic rings. The molecule has 0 saturated heterocycles. The Kier molecular flexibility index (Phi) is 6.54. The van der Waals surface area contributed by atoms with E-state index in [1.165, 1.54) is 0 Å². The lowest BCUT2D eigenvalue weighted by atomic mass is 10.1. The molecule has 1 aromatic rings. The SMILES string of the molecule is CCCOCCCC(=O)c1ccc(N=[N+]=[N-])cc1. The maximum Gasteiger partial charge on any atom is 0.162 e. The molecular weight excluding hydrogens is 230 g/mol. The second kappa shape index (κ2) is 8.28. The molecule has 0 N–H and O–H groups in total. The first-order valence-electron chi connectivity index (χ1n) is 6.04. The van der Waals surface area contributed by atoms with Crippen molar-refractivity contribution in [1.29, 1.82) is 0 Å². The summed E-state index contributed by atoms with van der Waals surface area (Å²) in [7, 11) is 0. The zero-order valence-electron chi connectivity index (χ0n) is 10.5. The van der Waals surface area contributed by atoms with Gasteiger partial charge in [-0.15, -0.1) is 0 Å². The number of benzene rings is 1. The summed E-state index contributed by atoms with van der Waals surface area (Å²) in [6.45, 7) is 3.42. The van der Waals surface area contributed by atoms with Crippen molar-refractivity contribution in [3.8, 4) is 0 Å². The van der Waals surface area contributed by atoms with Crippen LogP contribution in [-0.2, 0) is 4.74 Å². The Morgan fingerprint density at radius 3 is 2.67 bits per heavy atom. The molecule has 0 unspecified atom stereocenters. The van der Waals surface area contributed by atoms with Crippen molar-refractivity contribution < 1.29 is 9.53 Å². The molecule has 0 aliphatic carbocycles. The fourth-order valence-electron chi connectivity index (χ4n) is 1.49. The Morgan fingerprint density at radius 2 is 2.06 bits per heavy atom. The van der Waals surface area contributed by atoms with Gasteiger partial charge < -0.3 is 4.74 Å². The van der Waals surface area contributed by atoms with Gasteiger partial charge in [0.2, 0.25) is 0 Å². The van der Waals surface area contributed by atoms with Gasteiger partial charge in [0.1, 0.15) is 0 Å². The van der Waals surface area contributed by atoms with Crippen LogP contribution in [-0.4, -0.2) is 19.0 Å². The van der Waals surface area contributed by atoms with Crippen LogP contribution in [0.3, 0.4) is 0 Å². The van der Waals surface area contributed by atoms with E-state index < -0.39 is 0 Å². The summed E-state index contributed by atoms with van der Waals surface area (Å²) in [6.07, 6.45) is 2.20. The molecular formula is C13H17N3O2. The average molecular weight is 247 g/mol. The van der Waals surface area contributed by atoms with E-state index in [1.54, 1.807) is 24.3 Å². The van der Waals surface area contributed by atoms with Gasteiger partial charge in [0.05, 0.1) is 0 Å². The number of ketones is 1. The number of hydrogen-bond acceptors (Lipinski definition) is 3. The van der Waals surface area contributed by atoms with E-state index in [4.69, 9.17) is 10.3 Å². The van der Waals surface area contributed by atoms with E-state index in [0.717, 1.165) is 19.4 Å². The van der Waals surface area contributed by atoms with Crippen molar-refractivity contribution in [3.05, 3.63) is 40.3 Å². The molecule has 5 heteroatoms. The molecule has 1 rings (SSSR count). The molecule has 1 aromatic carbocycles. The second-order valence-corrected chi connectivity index (χ2v) is 3.88. The normalized spacial score (nSPS) is 9.83. The predicted octanol–water partition coefficient (Wildman–Crippen LogP) is 4.02. The van der Waals surface area contributed by atoms with Crippen LogP contribution < -0.4 is 0 Å². The quantitative estimate of drug-likeness (QED) is 0.229. The van der Waals surface area contributed by atoms with E-state index in [-0.39, 0.29) is 5.78 Å². The zero-order chi connectivity index (χ0) is 13.2. The molecule has 0 heterocycles. The monoisotopic (exact) mass is 247 g/mol. The summed E-state index contributed by atoms with van der Waals surface area (Å²) in [4.78, 5) is 14.5. The minimum atomic E-state index is 0.0857. The molecule has 0 aromatic heterocycles. The van der Waals surface area contributed by atoms with Crippen LogP contribution in [0.5, 0.6) is 0 Å². The molecule has 5 nitrogen and oxygen atoms in total. The highest BCUT2D eigenvalue weighted by Gasteiger charge is 2.05. The molecule has 0 radical (unpaired) electrons. The van der Waals surface area contributed by atoms with Gasteiger partial charge >= 0.3 is 0 Å². The molecule has 0 saturated carbocycles. The van der Waals surface area contributed by atoms with Crippen LogP contribution in [0.25, 0.3) is 10.4 Å².